The van der Waals surface area contributed by atoms with E-state index >= 15 is 0 Å². The summed E-state index contributed by atoms with van der Waals surface area (Å²) in [6.07, 6.45) is 0.807. The standard InChI is InChI=1S/C21H21NO6S/c1-24-15-7-5-13(11-17(15)26-3)19-20(28-21(22-19)29-10-9-23)14-6-8-16(25-2)18(12-14)27-4/h5-9,11-12H,10H2,1-4H3. The Morgan fingerprint density at radius 2 is 1.41 bits per heavy atom. The summed E-state index contributed by atoms with van der Waals surface area (Å²) in [5.74, 6) is 3.17. The third-order valence-corrected chi connectivity index (χ3v) is 4.91. The average Bonchev–Trinajstić information content (AvgIpc) is 3.20. The maximum absolute atomic E-state index is 10.8. The maximum atomic E-state index is 10.8. The van der Waals surface area contributed by atoms with Crippen LogP contribution in [-0.4, -0.2) is 45.5 Å². The zero-order chi connectivity index (χ0) is 20.8. The van der Waals surface area contributed by atoms with Crippen LogP contribution < -0.4 is 18.9 Å². The number of aldehydes is 1. The predicted molar refractivity (Wildman–Crippen MR) is 110 cm³/mol. The Balaban J connectivity index is 2.14. The van der Waals surface area contributed by atoms with Gasteiger partial charge in [0.15, 0.2) is 28.8 Å². The first-order valence-electron chi connectivity index (χ1n) is 8.67. The van der Waals surface area contributed by atoms with Gasteiger partial charge in [-0.3, -0.25) is 0 Å². The van der Waals surface area contributed by atoms with Gasteiger partial charge < -0.3 is 28.2 Å². The van der Waals surface area contributed by atoms with Gasteiger partial charge in [-0.1, -0.05) is 11.8 Å². The summed E-state index contributed by atoms with van der Waals surface area (Å²) in [4.78, 5) is 15.4. The Hall–Kier alpha value is -3.13. The second-order valence-electron chi connectivity index (χ2n) is 5.77. The van der Waals surface area contributed by atoms with Crippen molar-refractivity contribution in [2.45, 2.75) is 5.22 Å². The second kappa shape index (κ2) is 9.38. The van der Waals surface area contributed by atoms with Crippen molar-refractivity contribution in [1.82, 2.24) is 4.98 Å². The van der Waals surface area contributed by atoms with Crippen LogP contribution in [0.5, 0.6) is 23.0 Å². The van der Waals surface area contributed by atoms with Crippen LogP contribution in [0.25, 0.3) is 22.6 Å². The minimum Gasteiger partial charge on any atom is -0.493 e. The highest BCUT2D eigenvalue weighted by Crippen LogP contribution is 2.41. The lowest BCUT2D eigenvalue weighted by Crippen LogP contribution is -1.92. The number of methoxy groups -OCH3 is 4. The molecule has 3 aromatic rings. The molecule has 7 nitrogen and oxygen atoms in total. The smallest absolute Gasteiger partial charge is 0.257 e. The summed E-state index contributed by atoms with van der Waals surface area (Å²) >= 11 is 1.22. The number of benzene rings is 2. The summed E-state index contributed by atoms with van der Waals surface area (Å²) < 4.78 is 27.4. The topological polar surface area (TPSA) is 80.0 Å². The van der Waals surface area contributed by atoms with Crippen molar-refractivity contribution in [2.75, 3.05) is 34.2 Å². The van der Waals surface area contributed by atoms with Crippen molar-refractivity contribution in [2.24, 2.45) is 0 Å². The normalized spacial score (nSPS) is 10.5. The first kappa shape index (κ1) is 20.6. The summed E-state index contributed by atoms with van der Waals surface area (Å²) in [6, 6.07) is 11.0. The first-order chi connectivity index (χ1) is 14.1. The van der Waals surface area contributed by atoms with Crippen molar-refractivity contribution < 1.29 is 28.2 Å². The Morgan fingerprint density at radius 3 is 1.97 bits per heavy atom. The lowest BCUT2D eigenvalue weighted by atomic mass is 10.0. The van der Waals surface area contributed by atoms with E-state index in [0.29, 0.717) is 39.7 Å². The number of hydrogen-bond acceptors (Lipinski definition) is 8. The summed E-state index contributed by atoms with van der Waals surface area (Å²) in [7, 11) is 6.31. The Labute approximate surface area is 172 Å². The van der Waals surface area contributed by atoms with Gasteiger partial charge in [0.1, 0.15) is 12.0 Å². The van der Waals surface area contributed by atoms with Crippen LogP contribution in [0.1, 0.15) is 0 Å². The molecule has 0 saturated carbocycles. The molecule has 3 rings (SSSR count). The Morgan fingerprint density at radius 1 is 0.862 bits per heavy atom. The van der Waals surface area contributed by atoms with Crippen LogP contribution in [-0.2, 0) is 4.79 Å². The van der Waals surface area contributed by atoms with Crippen LogP contribution in [0.4, 0.5) is 0 Å². The molecule has 0 saturated heterocycles. The number of rotatable bonds is 9. The monoisotopic (exact) mass is 415 g/mol. The molecule has 0 aliphatic carbocycles. The Bertz CT molecular complexity index is 928. The van der Waals surface area contributed by atoms with Gasteiger partial charge in [-0.2, -0.15) is 0 Å². The maximum Gasteiger partial charge on any atom is 0.257 e. The minimum absolute atomic E-state index is 0.247. The van der Waals surface area contributed by atoms with Gasteiger partial charge in [-0.05, 0) is 36.4 Å². The second-order valence-corrected chi connectivity index (χ2v) is 6.75. The van der Waals surface area contributed by atoms with Gasteiger partial charge in [0.2, 0.25) is 0 Å². The molecule has 0 radical (unpaired) electrons. The van der Waals surface area contributed by atoms with E-state index < -0.39 is 0 Å². The van der Waals surface area contributed by atoms with E-state index in [1.165, 1.54) is 11.8 Å². The van der Waals surface area contributed by atoms with Gasteiger partial charge in [0, 0.05) is 11.1 Å². The third kappa shape index (κ3) is 4.32. The van der Waals surface area contributed by atoms with Crippen molar-refractivity contribution in [3.8, 4) is 45.6 Å². The third-order valence-electron chi connectivity index (χ3n) is 4.19. The van der Waals surface area contributed by atoms with Crippen LogP contribution in [0.3, 0.4) is 0 Å². The van der Waals surface area contributed by atoms with E-state index in [2.05, 4.69) is 4.98 Å². The van der Waals surface area contributed by atoms with E-state index in [4.69, 9.17) is 23.4 Å². The van der Waals surface area contributed by atoms with E-state index in [9.17, 15) is 4.79 Å². The van der Waals surface area contributed by atoms with Gasteiger partial charge in [0.05, 0.1) is 34.2 Å². The van der Waals surface area contributed by atoms with Crippen molar-refractivity contribution >= 4 is 18.0 Å². The average molecular weight is 415 g/mol. The quantitative estimate of drug-likeness (QED) is 0.377. The molecule has 0 atom stereocenters. The fourth-order valence-electron chi connectivity index (χ4n) is 2.82. The number of aromatic nitrogens is 1. The van der Waals surface area contributed by atoms with Gasteiger partial charge in [-0.25, -0.2) is 4.98 Å². The van der Waals surface area contributed by atoms with Gasteiger partial charge in [0.25, 0.3) is 5.22 Å². The number of carbonyl (C=O) groups excluding carboxylic acids is 1. The summed E-state index contributed by atoms with van der Waals surface area (Å²) in [5, 5.41) is 0.395. The van der Waals surface area contributed by atoms with Crippen LogP contribution in [0.15, 0.2) is 46.0 Å². The molecule has 8 heteroatoms. The van der Waals surface area contributed by atoms with Crippen LogP contribution in [0, 0.1) is 0 Å². The molecule has 0 unspecified atom stereocenters. The number of hydrogen-bond donors (Lipinski definition) is 0. The van der Waals surface area contributed by atoms with Crippen LogP contribution >= 0.6 is 11.8 Å². The number of ether oxygens (including phenoxy) is 4. The first-order valence-corrected chi connectivity index (χ1v) is 9.65. The number of thioether (sulfide) groups is 1. The molecule has 1 heterocycles. The fourth-order valence-corrected chi connectivity index (χ4v) is 3.33. The van der Waals surface area contributed by atoms with Crippen LogP contribution in [0.2, 0.25) is 0 Å². The number of carbonyl (C=O) groups is 1. The van der Waals surface area contributed by atoms with E-state index in [-0.39, 0.29) is 5.75 Å². The molecule has 0 aliphatic heterocycles. The molecule has 2 aromatic carbocycles. The van der Waals surface area contributed by atoms with Crippen molar-refractivity contribution in [1.29, 1.82) is 0 Å². The lowest BCUT2D eigenvalue weighted by molar-refractivity contribution is -0.105. The summed E-state index contributed by atoms with van der Waals surface area (Å²) in [6.45, 7) is 0. The molecule has 0 aliphatic rings. The molecular weight excluding hydrogens is 394 g/mol. The molecule has 0 spiro atoms. The molecule has 0 amide bonds. The van der Waals surface area contributed by atoms with Crippen molar-refractivity contribution in [3.63, 3.8) is 0 Å². The molecule has 152 valence electrons. The lowest BCUT2D eigenvalue weighted by Gasteiger charge is -2.10. The van der Waals surface area contributed by atoms with E-state index in [1.54, 1.807) is 40.6 Å². The molecule has 0 bridgehead atoms. The van der Waals surface area contributed by atoms with E-state index in [1.807, 2.05) is 24.3 Å². The molecular formula is C21H21NO6S. The summed E-state index contributed by atoms with van der Waals surface area (Å²) in [5.41, 5.74) is 2.17. The Kier molecular flexibility index (Phi) is 6.66. The van der Waals surface area contributed by atoms with Gasteiger partial charge >= 0.3 is 0 Å². The number of nitrogens with zero attached hydrogens (tertiary/aromatic N) is 1. The van der Waals surface area contributed by atoms with E-state index in [0.717, 1.165) is 17.4 Å². The van der Waals surface area contributed by atoms with Gasteiger partial charge in [-0.15, -0.1) is 0 Å². The SMILES string of the molecule is COc1ccc(-c2nc(SCC=O)oc2-c2ccc(OC)c(OC)c2)cc1OC. The van der Waals surface area contributed by atoms with Crippen molar-refractivity contribution in [3.05, 3.63) is 36.4 Å². The zero-order valence-electron chi connectivity index (χ0n) is 16.6. The largest absolute Gasteiger partial charge is 0.493 e. The molecule has 1 aromatic heterocycles. The highest BCUT2D eigenvalue weighted by Gasteiger charge is 2.20. The highest BCUT2D eigenvalue weighted by atomic mass is 32.2. The molecule has 29 heavy (non-hydrogen) atoms. The number of oxazole rings is 1. The molecule has 0 fully saturated rings. The fraction of sp³-hybridized carbons (Fsp3) is 0.238. The zero-order valence-corrected chi connectivity index (χ0v) is 17.4. The predicted octanol–water partition coefficient (Wildman–Crippen LogP) is 4.33. The minimum atomic E-state index is 0.247. The highest BCUT2D eigenvalue weighted by molar-refractivity contribution is 7.99. The molecule has 0 N–H and O–H groups in total.